The number of allylic oxidation sites excluding steroid dienone is 2. The highest BCUT2D eigenvalue weighted by molar-refractivity contribution is 6.19. The van der Waals surface area contributed by atoms with Crippen molar-refractivity contribution in [3.63, 3.8) is 0 Å². The standard InChI is InChI=1S/C33H43ClO14/c1-8-9-10-24(39)48-28-25(44-18(4)36)27(45-19(5)37)31(7)22(43-17(3)35)12-11-21(14-34)13-23-33(41,16(2)30(40)47-23)29(46-20(6)38)26(31)32(28)15-42-32/h11-13,16,22-23,25-29,41H,8-10,14-15H2,1-7H3/b12-11-,21-13+/t16-,22-,23-,25+,26+,27-,28+,29-,31+,32-,33-/m0/s1. The van der Waals surface area contributed by atoms with Gasteiger partial charge >= 0.3 is 35.8 Å². The third kappa shape index (κ3) is 6.71. The molecular weight excluding hydrogens is 656 g/mol. The summed E-state index contributed by atoms with van der Waals surface area (Å²) in [5.74, 6) is -7.67. The van der Waals surface area contributed by atoms with Gasteiger partial charge in [0.25, 0.3) is 0 Å². The highest BCUT2D eigenvalue weighted by Gasteiger charge is 2.81. The summed E-state index contributed by atoms with van der Waals surface area (Å²) >= 11 is 6.26. The van der Waals surface area contributed by atoms with Gasteiger partial charge in [0.1, 0.15) is 17.8 Å². The minimum atomic E-state index is -2.33. The molecule has 4 aliphatic rings. The predicted octanol–water partition coefficient (Wildman–Crippen LogP) is 2.25. The number of unbranched alkanes of at least 4 members (excludes halogenated alkanes) is 1. The highest BCUT2D eigenvalue weighted by atomic mass is 35.5. The summed E-state index contributed by atoms with van der Waals surface area (Å²) in [5.41, 5.74) is -5.51. The van der Waals surface area contributed by atoms with Crippen LogP contribution in [0.1, 0.15) is 67.7 Å². The van der Waals surface area contributed by atoms with Gasteiger partial charge in [0.2, 0.25) is 0 Å². The molecule has 0 unspecified atom stereocenters. The monoisotopic (exact) mass is 698 g/mol. The molecule has 0 radical (unpaired) electrons. The lowest BCUT2D eigenvalue weighted by molar-refractivity contribution is -0.279. The van der Waals surface area contributed by atoms with Gasteiger partial charge in [0, 0.05) is 45.9 Å². The molecule has 3 fully saturated rings. The number of rotatable bonds is 9. The minimum Gasteiger partial charge on any atom is -0.459 e. The summed E-state index contributed by atoms with van der Waals surface area (Å²) in [6.45, 7) is 9.07. The second kappa shape index (κ2) is 14.2. The number of hydrogen-bond donors (Lipinski definition) is 1. The maximum absolute atomic E-state index is 13.3. The Balaban J connectivity index is 2.14. The van der Waals surface area contributed by atoms with E-state index in [9.17, 15) is 33.9 Å². The molecule has 0 aromatic rings. The van der Waals surface area contributed by atoms with Crippen molar-refractivity contribution in [3.8, 4) is 0 Å². The summed E-state index contributed by atoms with van der Waals surface area (Å²) in [5, 5.41) is 12.7. The molecule has 266 valence electrons. The quantitative estimate of drug-likeness (QED) is 0.160. The zero-order chi connectivity index (χ0) is 35.8. The molecule has 2 aliphatic heterocycles. The van der Waals surface area contributed by atoms with E-state index in [4.69, 9.17) is 44.8 Å². The molecule has 1 N–H and O–H groups in total. The fourth-order valence-electron chi connectivity index (χ4n) is 7.44. The fraction of sp³-hybridized carbons (Fsp3) is 0.697. The summed E-state index contributed by atoms with van der Waals surface area (Å²) in [7, 11) is 0. The Bertz CT molecular complexity index is 1390. The van der Waals surface area contributed by atoms with E-state index < -0.39 is 101 Å². The van der Waals surface area contributed by atoms with Crippen LogP contribution in [0.5, 0.6) is 0 Å². The van der Waals surface area contributed by atoms with Crippen molar-refractivity contribution in [2.24, 2.45) is 17.3 Å². The topological polar surface area (TPSA) is 191 Å². The van der Waals surface area contributed by atoms with E-state index in [1.807, 2.05) is 6.92 Å². The van der Waals surface area contributed by atoms with E-state index in [-0.39, 0.29) is 18.9 Å². The number of hydrogen-bond acceptors (Lipinski definition) is 14. The number of aliphatic hydroxyl groups is 1. The maximum atomic E-state index is 13.3. The zero-order valence-corrected chi connectivity index (χ0v) is 28.8. The molecule has 48 heavy (non-hydrogen) atoms. The van der Waals surface area contributed by atoms with Gasteiger partial charge in [-0.2, -0.15) is 0 Å². The van der Waals surface area contributed by atoms with Crippen LogP contribution in [-0.2, 0) is 61.9 Å². The van der Waals surface area contributed by atoms with Crippen LogP contribution in [0.3, 0.4) is 0 Å². The normalized spacial score (nSPS) is 40.1. The van der Waals surface area contributed by atoms with E-state index in [0.29, 0.717) is 18.4 Å². The van der Waals surface area contributed by atoms with Crippen LogP contribution in [0.25, 0.3) is 0 Å². The van der Waals surface area contributed by atoms with Crippen molar-refractivity contribution >= 4 is 47.4 Å². The molecule has 2 saturated heterocycles. The Morgan fingerprint density at radius 3 is 2.04 bits per heavy atom. The predicted molar refractivity (Wildman–Crippen MR) is 164 cm³/mol. The lowest BCUT2D eigenvalue weighted by atomic mass is 9.51. The largest absolute Gasteiger partial charge is 0.459 e. The van der Waals surface area contributed by atoms with E-state index in [0.717, 1.165) is 27.7 Å². The van der Waals surface area contributed by atoms with Gasteiger partial charge < -0.3 is 38.3 Å². The Labute approximate surface area is 283 Å². The van der Waals surface area contributed by atoms with Crippen LogP contribution in [0.2, 0.25) is 0 Å². The number of alkyl halides is 1. The molecule has 0 amide bonds. The number of halogens is 1. The first-order valence-electron chi connectivity index (χ1n) is 15.9. The first-order valence-corrected chi connectivity index (χ1v) is 16.4. The lowest BCUT2D eigenvalue weighted by Crippen LogP contribution is -2.76. The number of fused-ring (bicyclic) bond motifs is 3. The van der Waals surface area contributed by atoms with Gasteiger partial charge in [-0.25, -0.2) is 0 Å². The molecule has 0 aromatic heterocycles. The third-order valence-corrected chi connectivity index (χ3v) is 9.97. The minimum absolute atomic E-state index is 0.0143. The molecule has 0 aromatic carbocycles. The number of esters is 6. The Kier molecular flexibility index (Phi) is 11.0. The number of epoxide rings is 1. The molecular formula is C33H43ClO14. The SMILES string of the molecule is CCCCC(=O)O[C@@H]1[C@H](OC(C)=O)[C@H](OC(C)=O)[C@]2(C)[C@@H](OC(C)=O)/C=C\C(CCl)=C/[C@@H]3OC(=O)[C@H](C)[C@@]3(O)[C@@H](OC(C)=O)[C@H]2[C@@]12CO2. The first kappa shape index (κ1) is 37.3. The summed E-state index contributed by atoms with van der Waals surface area (Å²) in [6.07, 6.45) is -3.67. The molecule has 14 nitrogen and oxygen atoms in total. The second-order valence-electron chi connectivity index (χ2n) is 13.0. The van der Waals surface area contributed by atoms with Crippen LogP contribution in [0, 0.1) is 17.3 Å². The molecule has 0 bridgehead atoms. The van der Waals surface area contributed by atoms with Gasteiger partial charge in [-0.15, -0.1) is 11.6 Å². The average Bonchev–Trinajstić information content (AvgIpc) is 3.75. The summed E-state index contributed by atoms with van der Waals surface area (Å²) < 4.78 is 41.3. The first-order chi connectivity index (χ1) is 22.5. The van der Waals surface area contributed by atoms with E-state index in [2.05, 4.69) is 0 Å². The summed E-state index contributed by atoms with van der Waals surface area (Å²) in [6, 6.07) is 0. The second-order valence-corrected chi connectivity index (χ2v) is 13.2. The number of carbonyl (C=O) groups is 6. The van der Waals surface area contributed by atoms with E-state index in [1.165, 1.54) is 32.1 Å². The van der Waals surface area contributed by atoms with Gasteiger partial charge in [-0.1, -0.05) is 26.3 Å². The number of carbonyl (C=O) groups excluding carboxylic acids is 6. The zero-order valence-electron chi connectivity index (χ0n) is 28.0. The Morgan fingerprint density at radius 1 is 0.938 bits per heavy atom. The van der Waals surface area contributed by atoms with Crippen LogP contribution in [0.4, 0.5) is 0 Å². The average molecular weight is 699 g/mol. The Morgan fingerprint density at radius 2 is 1.52 bits per heavy atom. The van der Waals surface area contributed by atoms with Crippen molar-refractivity contribution in [2.45, 2.75) is 116 Å². The van der Waals surface area contributed by atoms with Gasteiger partial charge in [-0.3, -0.25) is 28.8 Å². The maximum Gasteiger partial charge on any atom is 0.312 e. The smallest absolute Gasteiger partial charge is 0.312 e. The van der Waals surface area contributed by atoms with Crippen molar-refractivity contribution in [1.29, 1.82) is 0 Å². The molecule has 1 saturated carbocycles. The molecule has 11 atom stereocenters. The fourth-order valence-corrected chi connectivity index (χ4v) is 7.62. The van der Waals surface area contributed by atoms with Crippen LogP contribution in [0.15, 0.2) is 23.8 Å². The molecule has 2 aliphatic carbocycles. The van der Waals surface area contributed by atoms with Crippen molar-refractivity contribution < 1.29 is 67.0 Å². The number of ether oxygens (including phenoxy) is 7. The van der Waals surface area contributed by atoms with Crippen LogP contribution in [-0.4, -0.2) is 101 Å². The summed E-state index contributed by atoms with van der Waals surface area (Å²) in [4.78, 5) is 77.6. The van der Waals surface area contributed by atoms with Crippen molar-refractivity contribution in [1.82, 2.24) is 0 Å². The molecule has 15 heteroatoms. The van der Waals surface area contributed by atoms with Crippen molar-refractivity contribution in [3.05, 3.63) is 23.8 Å². The van der Waals surface area contributed by atoms with Crippen LogP contribution >= 0.6 is 11.6 Å². The lowest BCUT2D eigenvalue weighted by Gasteiger charge is -2.59. The van der Waals surface area contributed by atoms with Gasteiger partial charge in [0.05, 0.1) is 17.9 Å². The van der Waals surface area contributed by atoms with E-state index in [1.54, 1.807) is 0 Å². The van der Waals surface area contributed by atoms with Crippen molar-refractivity contribution in [2.75, 3.05) is 12.5 Å². The molecule has 2 heterocycles. The Hall–Kier alpha value is -3.49. The van der Waals surface area contributed by atoms with Gasteiger partial charge in [0.15, 0.2) is 30.0 Å². The van der Waals surface area contributed by atoms with Gasteiger partial charge in [-0.05, 0) is 31.1 Å². The highest BCUT2D eigenvalue weighted by Crippen LogP contribution is 2.63. The van der Waals surface area contributed by atoms with E-state index >= 15 is 0 Å². The molecule has 4 rings (SSSR count). The molecule has 1 spiro atoms. The van der Waals surface area contributed by atoms with Crippen LogP contribution < -0.4 is 0 Å². The third-order valence-electron chi connectivity index (χ3n) is 9.66.